The van der Waals surface area contributed by atoms with Gasteiger partial charge in [-0.05, 0) is 24.1 Å². The van der Waals surface area contributed by atoms with Crippen LogP contribution in [0.5, 0.6) is 5.75 Å². The van der Waals surface area contributed by atoms with Gasteiger partial charge in [0, 0.05) is 24.6 Å². The van der Waals surface area contributed by atoms with Crippen LogP contribution in [0.25, 0.3) is 0 Å². The van der Waals surface area contributed by atoms with Gasteiger partial charge in [0.15, 0.2) is 0 Å². The Morgan fingerprint density at radius 1 is 1.33 bits per heavy atom. The van der Waals surface area contributed by atoms with E-state index in [1.807, 2.05) is 16.7 Å². The Kier molecular flexibility index (Phi) is 4.49. The fraction of sp³-hybridized carbons (Fsp3) is 0.462. The number of thioether (sulfide) groups is 1. The zero-order valence-corrected chi connectivity index (χ0v) is 11.0. The van der Waals surface area contributed by atoms with Crippen LogP contribution in [0.15, 0.2) is 24.3 Å². The number of phenolic OH excluding ortho intramolecular Hbond substituents is 1. The van der Waals surface area contributed by atoms with E-state index < -0.39 is 6.04 Å². The van der Waals surface area contributed by atoms with Gasteiger partial charge in [-0.25, -0.2) is 0 Å². The first-order chi connectivity index (χ1) is 8.66. The number of rotatable bonds is 3. The second-order valence-corrected chi connectivity index (χ2v) is 5.64. The van der Waals surface area contributed by atoms with Gasteiger partial charge in [0.05, 0.1) is 6.04 Å². The van der Waals surface area contributed by atoms with Crippen molar-refractivity contribution in [2.45, 2.75) is 12.5 Å². The van der Waals surface area contributed by atoms with Gasteiger partial charge in [-0.15, -0.1) is 0 Å². The lowest BCUT2D eigenvalue weighted by atomic mass is 10.1. The summed E-state index contributed by atoms with van der Waals surface area (Å²) in [5, 5.41) is 9.20. The Morgan fingerprint density at radius 2 is 1.94 bits per heavy atom. The van der Waals surface area contributed by atoms with Gasteiger partial charge in [-0.3, -0.25) is 4.79 Å². The predicted octanol–water partition coefficient (Wildman–Crippen LogP) is 0.837. The zero-order chi connectivity index (χ0) is 13.0. The Balaban J connectivity index is 1.92. The molecule has 2 rings (SSSR count). The third-order valence-electron chi connectivity index (χ3n) is 3.03. The average Bonchev–Trinajstić information content (AvgIpc) is 2.41. The zero-order valence-electron chi connectivity index (χ0n) is 10.2. The fourth-order valence-electron chi connectivity index (χ4n) is 1.99. The van der Waals surface area contributed by atoms with Crippen LogP contribution in [0.1, 0.15) is 5.56 Å². The Morgan fingerprint density at radius 3 is 2.56 bits per heavy atom. The number of phenols is 1. The van der Waals surface area contributed by atoms with E-state index >= 15 is 0 Å². The van der Waals surface area contributed by atoms with Crippen LogP contribution in [0.2, 0.25) is 0 Å². The maximum absolute atomic E-state index is 12.1. The number of nitrogens with two attached hydrogens (primary N) is 1. The third kappa shape index (κ3) is 3.40. The van der Waals surface area contributed by atoms with Crippen molar-refractivity contribution in [3.8, 4) is 5.75 Å². The van der Waals surface area contributed by atoms with Gasteiger partial charge < -0.3 is 15.7 Å². The summed E-state index contributed by atoms with van der Waals surface area (Å²) < 4.78 is 0. The number of hydrogen-bond acceptors (Lipinski definition) is 4. The monoisotopic (exact) mass is 266 g/mol. The van der Waals surface area contributed by atoms with Crippen LogP contribution in [0.4, 0.5) is 0 Å². The highest BCUT2D eigenvalue weighted by Gasteiger charge is 2.22. The van der Waals surface area contributed by atoms with Crippen molar-refractivity contribution in [1.29, 1.82) is 0 Å². The molecule has 18 heavy (non-hydrogen) atoms. The van der Waals surface area contributed by atoms with Crippen molar-refractivity contribution in [3.63, 3.8) is 0 Å². The highest BCUT2D eigenvalue weighted by Crippen LogP contribution is 2.13. The summed E-state index contributed by atoms with van der Waals surface area (Å²) in [5.74, 6) is 2.25. The summed E-state index contributed by atoms with van der Waals surface area (Å²) in [6, 6.07) is 6.34. The summed E-state index contributed by atoms with van der Waals surface area (Å²) in [5.41, 5.74) is 6.93. The molecule has 1 aliphatic rings. The standard InChI is InChI=1S/C13H18N2O2S/c14-12(9-10-1-3-11(16)4-2-10)13(17)15-5-7-18-8-6-15/h1-4,12,16H,5-9,14H2. The molecule has 1 amide bonds. The predicted molar refractivity (Wildman–Crippen MR) is 73.7 cm³/mol. The van der Waals surface area contributed by atoms with Crippen molar-refractivity contribution in [3.05, 3.63) is 29.8 Å². The molecule has 98 valence electrons. The van der Waals surface area contributed by atoms with Crippen LogP contribution >= 0.6 is 11.8 Å². The Labute approximate surface area is 111 Å². The van der Waals surface area contributed by atoms with E-state index in [4.69, 9.17) is 5.73 Å². The average molecular weight is 266 g/mol. The van der Waals surface area contributed by atoms with Crippen molar-refractivity contribution in [1.82, 2.24) is 4.90 Å². The molecule has 4 nitrogen and oxygen atoms in total. The van der Waals surface area contributed by atoms with Gasteiger partial charge in [0.2, 0.25) is 5.91 Å². The van der Waals surface area contributed by atoms with Crippen LogP contribution in [0, 0.1) is 0 Å². The van der Waals surface area contributed by atoms with Gasteiger partial charge in [-0.2, -0.15) is 11.8 Å². The maximum Gasteiger partial charge on any atom is 0.239 e. The number of carbonyl (C=O) groups is 1. The van der Waals surface area contributed by atoms with E-state index in [0.29, 0.717) is 6.42 Å². The van der Waals surface area contributed by atoms with E-state index in [0.717, 1.165) is 30.2 Å². The molecule has 1 heterocycles. The second kappa shape index (κ2) is 6.11. The largest absolute Gasteiger partial charge is 0.508 e. The topological polar surface area (TPSA) is 66.6 Å². The van der Waals surface area contributed by atoms with Gasteiger partial charge in [-0.1, -0.05) is 12.1 Å². The third-order valence-corrected chi connectivity index (χ3v) is 3.97. The van der Waals surface area contributed by atoms with Crippen LogP contribution in [-0.4, -0.2) is 46.6 Å². The van der Waals surface area contributed by atoms with Crippen molar-refractivity contribution in [2.24, 2.45) is 5.73 Å². The molecule has 0 saturated carbocycles. The summed E-state index contributed by atoms with van der Waals surface area (Å²) in [6.45, 7) is 1.60. The molecule has 1 atom stereocenters. The molecule has 3 N–H and O–H groups in total. The van der Waals surface area contributed by atoms with E-state index in [-0.39, 0.29) is 11.7 Å². The maximum atomic E-state index is 12.1. The number of aromatic hydroxyl groups is 1. The molecule has 1 saturated heterocycles. The number of hydrogen-bond donors (Lipinski definition) is 2. The Hall–Kier alpha value is -1.20. The van der Waals surface area contributed by atoms with Gasteiger partial charge in [0.1, 0.15) is 5.75 Å². The lowest BCUT2D eigenvalue weighted by Crippen LogP contribution is -2.48. The summed E-state index contributed by atoms with van der Waals surface area (Å²) in [4.78, 5) is 14.0. The summed E-state index contributed by atoms with van der Waals surface area (Å²) in [6.07, 6.45) is 0.517. The van der Waals surface area contributed by atoms with Crippen molar-refractivity contribution < 1.29 is 9.90 Å². The molecule has 0 radical (unpaired) electrons. The molecule has 1 fully saturated rings. The molecule has 1 aromatic rings. The molecule has 0 bridgehead atoms. The lowest BCUT2D eigenvalue weighted by molar-refractivity contribution is -0.132. The number of carbonyl (C=O) groups excluding carboxylic acids is 1. The molecule has 5 heteroatoms. The van der Waals surface area contributed by atoms with Crippen molar-refractivity contribution in [2.75, 3.05) is 24.6 Å². The molecule has 1 aliphatic heterocycles. The van der Waals surface area contributed by atoms with Crippen LogP contribution in [0.3, 0.4) is 0 Å². The minimum Gasteiger partial charge on any atom is -0.508 e. The van der Waals surface area contributed by atoms with Crippen molar-refractivity contribution >= 4 is 17.7 Å². The number of nitrogens with zero attached hydrogens (tertiary/aromatic N) is 1. The summed E-state index contributed by atoms with van der Waals surface area (Å²) >= 11 is 1.87. The molecule has 1 aromatic carbocycles. The fourth-order valence-corrected chi connectivity index (χ4v) is 2.89. The van der Waals surface area contributed by atoms with Crippen LogP contribution < -0.4 is 5.73 Å². The molecular formula is C13H18N2O2S. The normalized spacial score (nSPS) is 17.5. The molecular weight excluding hydrogens is 248 g/mol. The van der Waals surface area contributed by atoms with Crippen LogP contribution in [-0.2, 0) is 11.2 Å². The molecule has 1 unspecified atom stereocenters. The lowest BCUT2D eigenvalue weighted by Gasteiger charge is -2.28. The van der Waals surface area contributed by atoms with Gasteiger partial charge >= 0.3 is 0 Å². The molecule has 0 spiro atoms. The molecule has 0 aliphatic carbocycles. The minimum absolute atomic E-state index is 0.0309. The van der Waals surface area contributed by atoms with E-state index in [2.05, 4.69) is 0 Å². The SMILES string of the molecule is NC(Cc1ccc(O)cc1)C(=O)N1CCSCC1. The highest BCUT2D eigenvalue weighted by molar-refractivity contribution is 7.99. The second-order valence-electron chi connectivity index (χ2n) is 4.41. The van der Waals surface area contributed by atoms with E-state index in [1.54, 1.807) is 24.3 Å². The minimum atomic E-state index is -0.488. The number of benzene rings is 1. The molecule has 0 aromatic heterocycles. The van der Waals surface area contributed by atoms with E-state index in [1.165, 1.54) is 0 Å². The van der Waals surface area contributed by atoms with E-state index in [9.17, 15) is 9.90 Å². The first-order valence-electron chi connectivity index (χ1n) is 6.07. The summed E-state index contributed by atoms with van der Waals surface area (Å²) in [7, 11) is 0. The number of amides is 1. The smallest absolute Gasteiger partial charge is 0.239 e. The first-order valence-corrected chi connectivity index (χ1v) is 7.22. The Bertz CT molecular complexity index is 402. The highest BCUT2D eigenvalue weighted by atomic mass is 32.2. The first kappa shape index (κ1) is 13.2. The quantitative estimate of drug-likeness (QED) is 0.850. The van der Waals surface area contributed by atoms with Gasteiger partial charge in [0.25, 0.3) is 0 Å².